The Hall–Kier alpha value is -3.61. The maximum Gasteiger partial charge on any atom is 0.341 e. The van der Waals surface area contributed by atoms with Crippen LogP contribution < -0.4 is 11.1 Å². The van der Waals surface area contributed by atoms with E-state index in [1.165, 1.54) is 0 Å². The predicted octanol–water partition coefficient (Wildman–Crippen LogP) is 1.08. The van der Waals surface area contributed by atoms with Crippen LogP contribution in [0.2, 0.25) is 0 Å². The van der Waals surface area contributed by atoms with Gasteiger partial charge in [-0.1, -0.05) is 36.4 Å². The van der Waals surface area contributed by atoms with Gasteiger partial charge in [0, 0.05) is 36.3 Å². The number of aromatic amines is 1. The largest absolute Gasteiger partial charge is 0.479 e. The Bertz CT molecular complexity index is 1020. The van der Waals surface area contributed by atoms with E-state index in [1.807, 2.05) is 36.4 Å². The summed E-state index contributed by atoms with van der Waals surface area (Å²) in [7, 11) is 0. The Kier molecular flexibility index (Phi) is 5.97. The Morgan fingerprint density at radius 3 is 2.66 bits per heavy atom. The Morgan fingerprint density at radius 1 is 1.31 bits per heavy atom. The number of aromatic nitrogens is 1. The van der Waals surface area contributed by atoms with Crippen LogP contribution in [0.3, 0.4) is 0 Å². The lowest BCUT2D eigenvalue weighted by molar-refractivity contribution is -0.140. The van der Waals surface area contributed by atoms with Crippen LogP contribution in [0.1, 0.15) is 41.4 Å². The number of hydrogen-bond donors (Lipinski definition) is 4. The first-order valence-corrected chi connectivity index (χ1v) is 9.30. The van der Waals surface area contributed by atoms with Crippen molar-refractivity contribution in [3.8, 4) is 0 Å². The summed E-state index contributed by atoms with van der Waals surface area (Å²) in [5.74, 6) is -1.39. The summed E-state index contributed by atoms with van der Waals surface area (Å²) in [6.45, 7) is 1.14. The number of nitrogens with one attached hydrogen (secondary N) is 1. The van der Waals surface area contributed by atoms with Gasteiger partial charge in [0.15, 0.2) is 12.3 Å². The molecule has 0 saturated heterocycles. The number of ether oxygens (including phenoxy) is 1. The minimum absolute atomic E-state index is 0.261. The van der Waals surface area contributed by atoms with Crippen molar-refractivity contribution >= 4 is 28.9 Å². The number of carboxylic acids is 1. The Morgan fingerprint density at radius 2 is 2.03 bits per heavy atom. The van der Waals surface area contributed by atoms with Crippen molar-refractivity contribution in [3.05, 3.63) is 70.6 Å². The molecule has 0 unspecified atom stereocenters. The van der Waals surface area contributed by atoms with Gasteiger partial charge >= 0.3 is 5.97 Å². The molecule has 0 saturated carbocycles. The van der Waals surface area contributed by atoms with Crippen LogP contribution in [0.4, 0.5) is 0 Å². The van der Waals surface area contributed by atoms with Gasteiger partial charge in [-0.25, -0.2) is 4.79 Å². The molecular formula is C22H24N3O4+. The number of carbonyl (C=O) groups is 2. The van der Waals surface area contributed by atoms with Crippen molar-refractivity contribution < 1.29 is 24.8 Å². The zero-order valence-electron chi connectivity index (χ0n) is 16.2. The first kappa shape index (κ1) is 20.1. The number of hydrogen-bond acceptors (Lipinski definition) is 3. The van der Waals surface area contributed by atoms with Crippen LogP contribution >= 0.6 is 0 Å². The number of amides is 1. The number of allylic oxidation sites excluding steroid dienone is 2. The monoisotopic (exact) mass is 394 g/mol. The number of carboxylic acid groups (broad SMARTS) is 1. The highest BCUT2D eigenvalue weighted by Crippen LogP contribution is 2.36. The van der Waals surface area contributed by atoms with E-state index < -0.39 is 18.5 Å². The first-order chi connectivity index (χ1) is 13.9. The molecule has 7 heteroatoms. The number of H-pyrrole nitrogens is 1. The minimum Gasteiger partial charge on any atom is -0.479 e. The molecule has 1 aromatic carbocycles. The number of aliphatic carboxylic acids is 1. The van der Waals surface area contributed by atoms with Crippen LogP contribution in [0.5, 0.6) is 0 Å². The van der Waals surface area contributed by atoms with Crippen molar-refractivity contribution in [1.82, 2.24) is 4.98 Å². The highest BCUT2D eigenvalue weighted by atomic mass is 16.5. The maximum absolute atomic E-state index is 12.1. The van der Waals surface area contributed by atoms with Crippen molar-refractivity contribution in [2.75, 3.05) is 6.61 Å². The molecule has 1 amide bonds. The average Bonchev–Trinajstić information content (AvgIpc) is 3.04. The summed E-state index contributed by atoms with van der Waals surface area (Å²) in [6.07, 6.45) is 5.42. The van der Waals surface area contributed by atoms with E-state index in [0.717, 1.165) is 23.2 Å². The fourth-order valence-corrected chi connectivity index (χ4v) is 3.52. The summed E-state index contributed by atoms with van der Waals surface area (Å²) < 4.78 is 5.51. The molecule has 2 aromatic rings. The molecule has 6 N–H and O–H groups in total. The van der Waals surface area contributed by atoms with Crippen molar-refractivity contribution in [3.63, 3.8) is 0 Å². The average molecular weight is 394 g/mol. The fraction of sp³-hybridized carbons (Fsp3) is 0.227. The van der Waals surface area contributed by atoms with Gasteiger partial charge in [0.1, 0.15) is 5.76 Å². The predicted molar refractivity (Wildman–Crippen MR) is 110 cm³/mol. The molecule has 0 spiro atoms. The SMILES string of the molecule is CC(=[NH2+])/C=C(/OCC(=O)O)c1[nH]c(Cc2ccccc2)c2c1C(C(N)=O)=CCC2. The van der Waals surface area contributed by atoms with Gasteiger partial charge in [-0.15, -0.1) is 0 Å². The molecule has 0 radical (unpaired) electrons. The van der Waals surface area contributed by atoms with Gasteiger partial charge in [-0.05, 0) is 24.0 Å². The van der Waals surface area contributed by atoms with Crippen molar-refractivity contribution in [1.29, 1.82) is 0 Å². The van der Waals surface area contributed by atoms with E-state index >= 15 is 0 Å². The third-order valence-corrected chi connectivity index (χ3v) is 4.65. The van der Waals surface area contributed by atoms with Gasteiger partial charge in [0.2, 0.25) is 5.91 Å². The molecule has 29 heavy (non-hydrogen) atoms. The number of primary amides is 1. The number of nitrogens with two attached hydrogens (primary N) is 2. The summed E-state index contributed by atoms with van der Waals surface area (Å²) in [5, 5.41) is 14.9. The van der Waals surface area contributed by atoms with E-state index in [4.69, 9.17) is 21.0 Å². The molecular weight excluding hydrogens is 370 g/mol. The lowest BCUT2D eigenvalue weighted by Crippen LogP contribution is -2.36. The van der Waals surface area contributed by atoms with Gasteiger partial charge in [-0.2, -0.15) is 0 Å². The highest BCUT2D eigenvalue weighted by molar-refractivity contribution is 6.20. The quantitative estimate of drug-likeness (QED) is 0.394. The molecule has 0 atom stereocenters. The topological polar surface area (TPSA) is 131 Å². The number of rotatable bonds is 8. The van der Waals surface area contributed by atoms with Crippen molar-refractivity contribution in [2.24, 2.45) is 5.73 Å². The van der Waals surface area contributed by atoms with Gasteiger partial charge in [0.05, 0.1) is 5.69 Å². The molecule has 1 heterocycles. The lowest BCUT2D eigenvalue weighted by Gasteiger charge is -2.15. The fourth-order valence-electron chi connectivity index (χ4n) is 3.52. The number of carbonyl (C=O) groups excluding carboxylic acids is 1. The van der Waals surface area contributed by atoms with E-state index in [-0.39, 0.29) is 5.76 Å². The maximum atomic E-state index is 12.1. The number of benzene rings is 1. The van der Waals surface area contributed by atoms with E-state index in [1.54, 1.807) is 13.0 Å². The first-order valence-electron chi connectivity index (χ1n) is 9.30. The summed E-state index contributed by atoms with van der Waals surface area (Å²) in [5.41, 5.74) is 10.7. The molecule has 150 valence electrons. The second-order valence-corrected chi connectivity index (χ2v) is 6.95. The molecule has 1 aromatic heterocycles. The summed E-state index contributed by atoms with van der Waals surface area (Å²) >= 11 is 0. The molecule has 7 nitrogen and oxygen atoms in total. The van der Waals surface area contributed by atoms with Crippen LogP contribution in [0, 0.1) is 0 Å². The standard InChI is InChI=1S/C22H23N3O4/c1-13(23)10-18(29-12-19(26)27)21-20-15(8-5-9-16(20)22(24)28)17(25-21)11-14-6-3-2-4-7-14/h2-4,6-7,9-10,23,25H,5,8,11-12H2,1H3,(H2,24,28)(H,26,27)/p+1/b18-10+,23-13?. The second kappa shape index (κ2) is 8.60. The molecule has 0 aliphatic heterocycles. The van der Waals surface area contributed by atoms with Gasteiger partial charge in [-0.3, -0.25) is 10.2 Å². The Balaban J connectivity index is 2.14. The normalized spacial score (nSPS) is 13.4. The second-order valence-electron chi connectivity index (χ2n) is 6.95. The van der Waals surface area contributed by atoms with Crippen LogP contribution in [0.15, 0.2) is 42.5 Å². The molecule has 0 bridgehead atoms. The third-order valence-electron chi connectivity index (χ3n) is 4.65. The number of fused-ring (bicyclic) bond motifs is 1. The van der Waals surface area contributed by atoms with Crippen LogP contribution in [-0.2, 0) is 27.2 Å². The van der Waals surface area contributed by atoms with E-state index in [2.05, 4.69) is 4.98 Å². The molecule has 1 aliphatic rings. The molecule has 1 aliphatic carbocycles. The minimum atomic E-state index is -1.11. The summed E-state index contributed by atoms with van der Waals surface area (Å²) in [6, 6.07) is 9.93. The smallest absolute Gasteiger partial charge is 0.341 e. The van der Waals surface area contributed by atoms with Crippen LogP contribution in [0.25, 0.3) is 11.3 Å². The molecule has 3 rings (SSSR count). The highest BCUT2D eigenvalue weighted by Gasteiger charge is 2.28. The van der Waals surface area contributed by atoms with E-state index in [0.29, 0.717) is 35.4 Å². The van der Waals surface area contributed by atoms with E-state index in [9.17, 15) is 9.59 Å². The molecule has 0 fully saturated rings. The zero-order chi connectivity index (χ0) is 21.0. The van der Waals surface area contributed by atoms with Crippen LogP contribution in [-0.4, -0.2) is 34.3 Å². The van der Waals surface area contributed by atoms with Gasteiger partial charge < -0.3 is 20.6 Å². The third kappa shape index (κ3) is 4.63. The summed E-state index contributed by atoms with van der Waals surface area (Å²) in [4.78, 5) is 26.5. The lowest BCUT2D eigenvalue weighted by atomic mass is 9.89. The van der Waals surface area contributed by atoms with Crippen molar-refractivity contribution in [2.45, 2.75) is 26.2 Å². The van der Waals surface area contributed by atoms with Gasteiger partial charge in [0.25, 0.3) is 0 Å². The Labute approximate surface area is 168 Å². The zero-order valence-corrected chi connectivity index (χ0v) is 16.2.